The summed E-state index contributed by atoms with van der Waals surface area (Å²) in [5.74, 6) is -1.39. The second-order valence-electron chi connectivity index (χ2n) is 7.29. The predicted molar refractivity (Wildman–Crippen MR) is 99.0 cm³/mol. The monoisotopic (exact) mass is 409 g/mol. The summed E-state index contributed by atoms with van der Waals surface area (Å²) in [6, 6.07) is 4.42. The van der Waals surface area contributed by atoms with Gasteiger partial charge >= 0.3 is 6.18 Å². The molecule has 2 heterocycles. The first kappa shape index (κ1) is 21.0. The van der Waals surface area contributed by atoms with Gasteiger partial charge in [0.1, 0.15) is 0 Å². The molecular weight excluding hydrogens is 387 g/mol. The largest absolute Gasteiger partial charge is 0.416 e. The molecule has 3 rings (SSSR count). The van der Waals surface area contributed by atoms with Crippen LogP contribution in [0.3, 0.4) is 0 Å². The highest BCUT2D eigenvalue weighted by molar-refractivity contribution is 6.43. The second-order valence-corrected chi connectivity index (χ2v) is 7.29. The van der Waals surface area contributed by atoms with Crippen LogP contribution in [-0.4, -0.2) is 51.7 Å². The zero-order chi connectivity index (χ0) is 21.5. The first-order valence-electron chi connectivity index (χ1n) is 9.21. The molecule has 2 aromatic rings. The minimum atomic E-state index is -4.50. The van der Waals surface area contributed by atoms with E-state index in [4.69, 9.17) is 4.74 Å². The number of Topliss-reactive ketones (excluding diaryl/α,β-unsaturated/α-hetero) is 1. The molecule has 1 aliphatic rings. The average molecular weight is 409 g/mol. The van der Waals surface area contributed by atoms with Crippen LogP contribution in [0.25, 0.3) is 5.69 Å². The van der Waals surface area contributed by atoms with Gasteiger partial charge in [-0.05, 0) is 45.9 Å². The maximum absolute atomic E-state index is 13.0. The molecule has 1 fully saturated rings. The summed E-state index contributed by atoms with van der Waals surface area (Å²) < 4.78 is 45.8. The van der Waals surface area contributed by atoms with Crippen LogP contribution < -0.4 is 0 Å². The molecular formula is C20H22F3N3O3. The van der Waals surface area contributed by atoms with Crippen molar-refractivity contribution in [1.29, 1.82) is 0 Å². The minimum Gasteiger partial charge on any atom is -0.375 e. The number of ether oxygens (including phenoxy) is 1. The Morgan fingerprint density at radius 2 is 1.90 bits per heavy atom. The van der Waals surface area contributed by atoms with Crippen molar-refractivity contribution in [1.82, 2.24) is 14.7 Å². The molecule has 0 spiro atoms. The number of carbonyl (C=O) groups excluding carboxylic acids is 2. The van der Waals surface area contributed by atoms with E-state index in [-0.39, 0.29) is 29.1 Å². The molecule has 6 nitrogen and oxygen atoms in total. The minimum absolute atomic E-state index is 0.110. The summed E-state index contributed by atoms with van der Waals surface area (Å²) in [6.45, 7) is 7.37. The number of benzene rings is 1. The topological polar surface area (TPSA) is 64.4 Å². The molecule has 0 radical (unpaired) electrons. The van der Waals surface area contributed by atoms with E-state index < -0.39 is 23.4 Å². The van der Waals surface area contributed by atoms with Crippen LogP contribution in [0.15, 0.2) is 24.3 Å². The Morgan fingerprint density at radius 1 is 1.21 bits per heavy atom. The highest BCUT2D eigenvalue weighted by atomic mass is 19.4. The van der Waals surface area contributed by atoms with Crippen molar-refractivity contribution in [2.45, 2.75) is 46.0 Å². The lowest BCUT2D eigenvalue weighted by molar-refractivity contribution is -0.138. The molecule has 9 heteroatoms. The molecule has 1 aromatic heterocycles. The Kier molecular flexibility index (Phi) is 5.53. The van der Waals surface area contributed by atoms with E-state index >= 15 is 0 Å². The van der Waals surface area contributed by atoms with Gasteiger partial charge in [-0.1, -0.05) is 6.07 Å². The lowest BCUT2D eigenvalue weighted by Gasteiger charge is -2.36. The van der Waals surface area contributed by atoms with Crippen molar-refractivity contribution in [2.75, 3.05) is 13.2 Å². The quantitative estimate of drug-likeness (QED) is 0.576. The lowest BCUT2D eigenvalue weighted by atomic mass is 10.1. The van der Waals surface area contributed by atoms with Gasteiger partial charge < -0.3 is 9.64 Å². The summed E-state index contributed by atoms with van der Waals surface area (Å²) in [4.78, 5) is 27.2. The normalized spacial score (nSPS) is 20.0. The number of amides is 1. The van der Waals surface area contributed by atoms with E-state index in [0.29, 0.717) is 18.8 Å². The molecule has 29 heavy (non-hydrogen) atoms. The third kappa shape index (κ3) is 4.05. The standard InChI is InChI=1S/C20H22F3N3O3/c1-11-10-29-12(2)9-25(11)19(28)18(27)17-13(3)24-26(14(17)4)16-7-5-6-15(8-16)20(21,22)23/h5-8,11-12H,9-10H2,1-4H3/t11-,12-/m0/s1. The number of carbonyl (C=O) groups is 2. The van der Waals surface area contributed by atoms with Gasteiger partial charge in [0.25, 0.3) is 11.7 Å². The molecule has 1 aromatic carbocycles. The van der Waals surface area contributed by atoms with Gasteiger partial charge in [-0.2, -0.15) is 18.3 Å². The predicted octanol–water partition coefficient (Wildman–Crippen LogP) is 3.33. The zero-order valence-electron chi connectivity index (χ0n) is 16.6. The fourth-order valence-electron chi connectivity index (χ4n) is 3.46. The van der Waals surface area contributed by atoms with Gasteiger partial charge in [0.2, 0.25) is 0 Å². The van der Waals surface area contributed by atoms with Gasteiger partial charge in [-0.3, -0.25) is 9.59 Å². The average Bonchev–Trinajstić information content (AvgIpc) is 2.96. The summed E-state index contributed by atoms with van der Waals surface area (Å²) in [6.07, 6.45) is -4.68. The van der Waals surface area contributed by atoms with Crippen LogP contribution in [0.1, 0.15) is 41.2 Å². The fraction of sp³-hybridized carbons (Fsp3) is 0.450. The Morgan fingerprint density at radius 3 is 2.55 bits per heavy atom. The molecule has 1 saturated heterocycles. The summed E-state index contributed by atoms with van der Waals surface area (Å²) in [7, 11) is 0. The molecule has 0 aliphatic carbocycles. The molecule has 2 atom stereocenters. The fourth-order valence-corrected chi connectivity index (χ4v) is 3.46. The van der Waals surface area contributed by atoms with Gasteiger partial charge in [-0.25, -0.2) is 4.68 Å². The SMILES string of the molecule is Cc1nn(-c2cccc(C(F)(F)F)c2)c(C)c1C(=O)C(=O)N1C[C@H](C)OC[C@@H]1C. The smallest absolute Gasteiger partial charge is 0.375 e. The number of nitrogens with zero attached hydrogens (tertiary/aromatic N) is 3. The number of hydrogen-bond acceptors (Lipinski definition) is 4. The summed E-state index contributed by atoms with van der Waals surface area (Å²) in [5.41, 5.74) is 0.0584. The highest BCUT2D eigenvalue weighted by Crippen LogP contribution is 2.31. The van der Waals surface area contributed by atoms with Crippen LogP contribution >= 0.6 is 0 Å². The number of aryl methyl sites for hydroxylation is 1. The third-order valence-corrected chi connectivity index (χ3v) is 5.00. The molecule has 1 amide bonds. The van der Waals surface area contributed by atoms with E-state index in [2.05, 4.69) is 5.10 Å². The molecule has 0 saturated carbocycles. The van der Waals surface area contributed by atoms with E-state index in [1.165, 1.54) is 21.7 Å². The molecule has 156 valence electrons. The van der Waals surface area contributed by atoms with Crippen LogP contribution in [0.4, 0.5) is 13.2 Å². The first-order valence-corrected chi connectivity index (χ1v) is 9.21. The molecule has 0 N–H and O–H groups in total. The van der Waals surface area contributed by atoms with Crippen molar-refractivity contribution in [3.8, 4) is 5.69 Å². The van der Waals surface area contributed by atoms with Crippen molar-refractivity contribution in [3.63, 3.8) is 0 Å². The summed E-state index contributed by atoms with van der Waals surface area (Å²) >= 11 is 0. The van der Waals surface area contributed by atoms with Crippen LogP contribution in [-0.2, 0) is 15.7 Å². The van der Waals surface area contributed by atoms with Crippen LogP contribution in [0.2, 0.25) is 0 Å². The molecule has 0 unspecified atom stereocenters. The highest BCUT2D eigenvalue weighted by Gasteiger charge is 2.35. The van der Waals surface area contributed by atoms with Crippen LogP contribution in [0, 0.1) is 13.8 Å². The van der Waals surface area contributed by atoms with Gasteiger partial charge in [0.15, 0.2) is 0 Å². The summed E-state index contributed by atoms with van der Waals surface area (Å²) in [5, 5.41) is 4.22. The number of hydrogen-bond donors (Lipinski definition) is 0. The Hall–Kier alpha value is -2.68. The first-order chi connectivity index (χ1) is 13.5. The second kappa shape index (κ2) is 7.62. The molecule has 0 bridgehead atoms. The van der Waals surface area contributed by atoms with Gasteiger partial charge in [0.05, 0.1) is 47.0 Å². The third-order valence-electron chi connectivity index (χ3n) is 5.00. The Labute approximate surface area is 166 Å². The Bertz CT molecular complexity index is 952. The van der Waals surface area contributed by atoms with Gasteiger partial charge in [0, 0.05) is 6.54 Å². The lowest BCUT2D eigenvalue weighted by Crippen LogP contribution is -2.52. The number of alkyl halides is 3. The van der Waals surface area contributed by atoms with Crippen LogP contribution in [0.5, 0.6) is 0 Å². The maximum atomic E-state index is 13.0. The van der Waals surface area contributed by atoms with Crippen molar-refractivity contribution in [2.24, 2.45) is 0 Å². The Balaban J connectivity index is 1.96. The zero-order valence-corrected chi connectivity index (χ0v) is 16.6. The number of ketones is 1. The number of morpholine rings is 1. The van der Waals surface area contributed by atoms with E-state index in [1.807, 2.05) is 6.92 Å². The number of aromatic nitrogens is 2. The maximum Gasteiger partial charge on any atom is 0.416 e. The van der Waals surface area contributed by atoms with E-state index in [1.54, 1.807) is 20.8 Å². The van der Waals surface area contributed by atoms with E-state index in [9.17, 15) is 22.8 Å². The van der Waals surface area contributed by atoms with Gasteiger partial charge in [-0.15, -0.1) is 0 Å². The molecule has 1 aliphatic heterocycles. The van der Waals surface area contributed by atoms with Crippen molar-refractivity contribution < 1.29 is 27.5 Å². The van der Waals surface area contributed by atoms with E-state index in [0.717, 1.165) is 12.1 Å². The number of rotatable bonds is 3. The van der Waals surface area contributed by atoms with Crippen molar-refractivity contribution >= 4 is 11.7 Å². The number of halogens is 3. The van der Waals surface area contributed by atoms with Crippen molar-refractivity contribution in [3.05, 3.63) is 46.8 Å².